The number of nitrogens with two attached hydrogens (primary N) is 1. The van der Waals surface area contributed by atoms with Gasteiger partial charge in [-0.15, -0.1) is 0 Å². The number of fused-ring (bicyclic) bond motifs is 2. The van der Waals surface area contributed by atoms with Crippen molar-refractivity contribution in [2.24, 2.45) is 23.5 Å². The molecule has 66 heavy (non-hydrogen) atoms. The lowest BCUT2D eigenvalue weighted by atomic mass is 9.82. The highest BCUT2D eigenvalue weighted by Crippen LogP contribution is 2.38. The van der Waals surface area contributed by atoms with E-state index >= 15 is 0 Å². The number of esters is 2. The zero-order chi connectivity index (χ0) is 49.1. The van der Waals surface area contributed by atoms with Crippen molar-refractivity contribution in [2.45, 2.75) is 177 Å². The van der Waals surface area contributed by atoms with Crippen molar-refractivity contribution >= 4 is 11.9 Å². The SMILES string of the molecule is COC(=O)[C@H]1[C@@H]2C[C@@H](OC3OC(C)C(O)C(N)C3O)C=CC=CC=CC=CC=CC=CC=C[C@H](C)[C@@H](O)[C@@H](C)[C@H](C)OC(=O)C[C@H](O)C[C@H](O)CC[C@@H](O)[C@H](O)C[C@H](O)C[C@](O)(C[C@@H]1O)O2. The number of carbonyl (C=O) groups excluding carboxylic acids is 2. The molecule has 2 fully saturated rings. The molecule has 0 radical (unpaired) electrons. The fourth-order valence-electron chi connectivity index (χ4n) is 8.09. The molecule has 3 rings (SSSR count). The van der Waals surface area contributed by atoms with E-state index < -0.39 is 147 Å². The molecule has 0 saturated carbocycles. The number of cyclic esters (lactones) is 1. The summed E-state index contributed by atoms with van der Waals surface area (Å²) < 4.78 is 28.4. The van der Waals surface area contributed by atoms with E-state index in [4.69, 9.17) is 29.4 Å². The highest BCUT2D eigenvalue weighted by atomic mass is 16.7. The lowest BCUT2D eigenvalue weighted by Crippen LogP contribution is -2.61. The molecule has 0 aromatic rings. The third-order valence-electron chi connectivity index (χ3n) is 12.2. The smallest absolute Gasteiger partial charge is 0.313 e. The van der Waals surface area contributed by atoms with E-state index in [2.05, 4.69) is 0 Å². The quantitative estimate of drug-likeness (QED) is 0.174. The molecule has 18 heteroatoms. The van der Waals surface area contributed by atoms with Crippen molar-refractivity contribution in [1.82, 2.24) is 0 Å². The fourth-order valence-corrected chi connectivity index (χ4v) is 8.09. The van der Waals surface area contributed by atoms with Crippen LogP contribution in [0.5, 0.6) is 0 Å². The average Bonchev–Trinajstić information content (AvgIpc) is 3.24. The first-order valence-electron chi connectivity index (χ1n) is 22.7. The second-order valence-electron chi connectivity index (χ2n) is 17.8. The molecule has 0 aliphatic carbocycles. The zero-order valence-corrected chi connectivity index (χ0v) is 38.5. The second-order valence-corrected chi connectivity index (χ2v) is 17.8. The molecule has 19 atom stereocenters. The standard InChI is InChI=1S/C48H75NO17/c1-28-18-16-14-12-10-8-6-7-9-11-13-15-17-19-35(65-47-45(59)42(49)44(58)31(4)64-47)25-39-41(46(60)62-5)38(55)27-48(61,66-39)26-34(52)23-37(54)36(53)21-20-32(50)22-33(51)24-40(56)63-30(3)29(2)43(28)57/h6-19,28-39,41-45,47,50-55,57-59,61H,20-27,49H2,1-5H3/t28-,29-,30-,31?,32+,33+,34-,35-,36+,37+,38-,39-,41+,42?,43+,44?,45?,47?,48+/m0/s1. The monoisotopic (exact) mass is 938 g/mol. The van der Waals surface area contributed by atoms with Gasteiger partial charge in [0, 0.05) is 37.5 Å². The molecule has 5 unspecified atom stereocenters. The highest BCUT2D eigenvalue weighted by Gasteiger charge is 2.51. The van der Waals surface area contributed by atoms with Crippen molar-refractivity contribution in [1.29, 1.82) is 0 Å². The molecule has 374 valence electrons. The average molecular weight is 938 g/mol. The third-order valence-corrected chi connectivity index (χ3v) is 12.2. The van der Waals surface area contributed by atoms with Gasteiger partial charge in [-0.05, 0) is 33.1 Å². The number of aliphatic hydroxyl groups excluding tert-OH is 9. The summed E-state index contributed by atoms with van der Waals surface area (Å²) in [6, 6.07) is -1.13. The van der Waals surface area contributed by atoms with Crippen LogP contribution < -0.4 is 5.73 Å². The molecule has 2 bridgehead atoms. The van der Waals surface area contributed by atoms with Gasteiger partial charge in [0.2, 0.25) is 0 Å². The summed E-state index contributed by atoms with van der Waals surface area (Å²) >= 11 is 0. The molecule has 3 aliphatic rings. The van der Waals surface area contributed by atoms with Gasteiger partial charge in [0.25, 0.3) is 0 Å². The maximum atomic E-state index is 13.1. The molecule has 3 heterocycles. The van der Waals surface area contributed by atoms with Crippen LogP contribution in [-0.4, -0.2) is 168 Å². The van der Waals surface area contributed by atoms with Crippen LogP contribution in [0.15, 0.2) is 85.1 Å². The molecule has 2 saturated heterocycles. The minimum atomic E-state index is -2.27. The lowest BCUT2D eigenvalue weighted by Gasteiger charge is -2.45. The van der Waals surface area contributed by atoms with E-state index in [1.807, 2.05) is 37.3 Å². The number of allylic oxidation sites excluding steroid dienone is 12. The highest BCUT2D eigenvalue weighted by molar-refractivity contribution is 5.74. The largest absolute Gasteiger partial charge is 0.469 e. The number of carbonyl (C=O) groups is 2. The first kappa shape index (κ1) is 56.9. The summed E-state index contributed by atoms with van der Waals surface area (Å²) in [5, 5.41) is 109. The number of hydrogen-bond donors (Lipinski definition) is 11. The van der Waals surface area contributed by atoms with Gasteiger partial charge in [0.1, 0.15) is 18.1 Å². The van der Waals surface area contributed by atoms with Crippen LogP contribution in [0.25, 0.3) is 0 Å². The molecule has 0 amide bonds. The lowest BCUT2D eigenvalue weighted by molar-refractivity contribution is -0.308. The first-order chi connectivity index (χ1) is 31.2. The normalized spacial score (nSPS) is 41.5. The van der Waals surface area contributed by atoms with Crippen molar-refractivity contribution in [3.8, 4) is 0 Å². The van der Waals surface area contributed by atoms with Crippen LogP contribution in [-0.2, 0) is 33.3 Å². The summed E-state index contributed by atoms with van der Waals surface area (Å²) in [6.45, 7) is 6.78. The number of methoxy groups -OCH3 is 1. The van der Waals surface area contributed by atoms with Crippen LogP contribution in [0.1, 0.15) is 79.1 Å². The van der Waals surface area contributed by atoms with E-state index in [0.717, 1.165) is 7.11 Å². The first-order valence-corrected chi connectivity index (χ1v) is 22.7. The van der Waals surface area contributed by atoms with Crippen molar-refractivity contribution in [2.75, 3.05) is 7.11 Å². The van der Waals surface area contributed by atoms with Gasteiger partial charge in [-0.25, -0.2) is 0 Å². The van der Waals surface area contributed by atoms with Crippen molar-refractivity contribution < 1.29 is 84.3 Å². The molecule has 3 aliphatic heterocycles. The summed E-state index contributed by atoms with van der Waals surface area (Å²) in [5.41, 5.74) is 6.05. The third kappa shape index (κ3) is 18.6. The van der Waals surface area contributed by atoms with Gasteiger partial charge in [0.15, 0.2) is 12.1 Å². The Kier molecular flexibility index (Phi) is 24.3. The van der Waals surface area contributed by atoms with Crippen LogP contribution in [0.4, 0.5) is 0 Å². The van der Waals surface area contributed by atoms with Gasteiger partial charge in [-0.2, -0.15) is 0 Å². The predicted molar refractivity (Wildman–Crippen MR) is 241 cm³/mol. The maximum absolute atomic E-state index is 13.1. The predicted octanol–water partition coefficient (Wildman–Crippen LogP) is 0.800. The molecule has 18 nitrogen and oxygen atoms in total. The molecule has 12 N–H and O–H groups in total. The van der Waals surface area contributed by atoms with Crippen molar-refractivity contribution in [3.63, 3.8) is 0 Å². The van der Waals surface area contributed by atoms with Gasteiger partial charge >= 0.3 is 11.9 Å². The van der Waals surface area contributed by atoms with E-state index in [1.54, 1.807) is 75.5 Å². The Balaban J connectivity index is 1.88. The topological polar surface area (TPSA) is 309 Å². The number of aliphatic hydroxyl groups is 10. The van der Waals surface area contributed by atoms with Gasteiger partial charge in [0.05, 0.1) is 86.7 Å². The van der Waals surface area contributed by atoms with Crippen molar-refractivity contribution in [3.05, 3.63) is 85.1 Å². The summed E-state index contributed by atoms with van der Waals surface area (Å²) in [4.78, 5) is 25.7. The Morgan fingerprint density at radius 2 is 1.24 bits per heavy atom. The van der Waals surface area contributed by atoms with Gasteiger partial charge in [-0.1, -0.05) is 98.9 Å². The second kappa shape index (κ2) is 28.1. The Morgan fingerprint density at radius 3 is 1.83 bits per heavy atom. The Morgan fingerprint density at radius 1 is 0.667 bits per heavy atom. The van der Waals surface area contributed by atoms with Crippen LogP contribution >= 0.6 is 0 Å². The zero-order valence-electron chi connectivity index (χ0n) is 38.5. The number of rotatable bonds is 3. The molecule has 0 spiro atoms. The Bertz CT molecular complexity index is 1680. The minimum Gasteiger partial charge on any atom is -0.469 e. The van der Waals surface area contributed by atoms with Gasteiger partial charge < -0.3 is 80.5 Å². The Labute approximate surface area is 387 Å². The van der Waals surface area contributed by atoms with E-state index in [1.165, 1.54) is 0 Å². The van der Waals surface area contributed by atoms with Crippen LogP contribution in [0.2, 0.25) is 0 Å². The fraction of sp³-hybridized carbons (Fsp3) is 0.667. The molecule has 0 aromatic carbocycles. The van der Waals surface area contributed by atoms with E-state index in [0.29, 0.717) is 0 Å². The summed E-state index contributed by atoms with van der Waals surface area (Å²) in [6.07, 6.45) is 4.50. The van der Waals surface area contributed by atoms with E-state index in [9.17, 15) is 60.7 Å². The molecular weight excluding hydrogens is 863 g/mol. The number of hydrogen-bond acceptors (Lipinski definition) is 18. The maximum Gasteiger partial charge on any atom is 0.313 e. The minimum absolute atomic E-state index is 0.0949. The Hall–Kier alpha value is -3.44. The van der Waals surface area contributed by atoms with Crippen LogP contribution in [0.3, 0.4) is 0 Å². The number of ether oxygens (including phenoxy) is 5. The molecular formula is C48H75NO17. The summed E-state index contributed by atoms with van der Waals surface area (Å²) in [5.74, 6) is -5.93. The summed E-state index contributed by atoms with van der Waals surface area (Å²) in [7, 11) is 1.12. The molecule has 0 aromatic heterocycles. The van der Waals surface area contributed by atoms with Crippen LogP contribution in [0, 0.1) is 17.8 Å². The van der Waals surface area contributed by atoms with E-state index in [-0.39, 0.29) is 31.6 Å². The van der Waals surface area contributed by atoms with Gasteiger partial charge in [-0.3, -0.25) is 9.59 Å².